The van der Waals surface area contributed by atoms with Gasteiger partial charge in [0.2, 0.25) is 0 Å². The Labute approximate surface area is 80.4 Å². The van der Waals surface area contributed by atoms with E-state index in [-0.39, 0.29) is 0 Å². The lowest BCUT2D eigenvalue weighted by atomic mass is 9.90. The second-order valence-electron chi connectivity index (χ2n) is 4.29. The van der Waals surface area contributed by atoms with Crippen LogP contribution in [0.15, 0.2) is 24.3 Å². The summed E-state index contributed by atoms with van der Waals surface area (Å²) in [4.78, 5) is 2.36. The minimum Gasteiger partial charge on any atom is -0.374 e. The fourth-order valence-corrected chi connectivity index (χ4v) is 2.21. The molecule has 2 rings (SSSR count). The van der Waals surface area contributed by atoms with E-state index in [1.807, 2.05) is 0 Å². The van der Waals surface area contributed by atoms with Crippen molar-refractivity contribution in [3.8, 4) is 0 Å². The first-order valence-corrected chi connectivity index (χ1v) is 5.00. The van der Waals surface area contributed by atoms with Crippen molar-refractivity contribution in [1.29, 1.82) is 0 Å². The Balaban J connectivity index is 2.41. The van der Waals surface area contributed by atoms with E-state index >= 15 is 0 Å². The van der Waals surface area contributed by atoms with Crippen LogP contribution < -0.4 is 4.90 Å². The number of fused-ring (bicyclic) bond motifs is 1. The summed E-state index contributed by atoms with van der Waals surface area (Å²) in [5.74, 6) is 1.47. The van der Waals surface area contributed by atoms with Gasteiger partial charge in [-0.2, -0.15) is 0 Å². The van der Waals surface area contributed by atoms with Crippen LogP contribution in [0.5, 0.6) is 0 Å². The Morgan fingerprint density at radius 3 is 2.69 bits per heavy atom. The molecule has 0 fully saturated rings. The molecule has 0 N–H and O–H groups in total. The van der Waals surface area contributed by atoms with Crippen molar-refractivity contribution in [2.75, 3.05) is 18.5 Å². The second-order valence-corrected chi connectivity index (χ2v) is 4.29. The first-order chi connectivity index (χ1) is 6.20. The summed E-state index contributed by atoms with van der Waals surface area (Å²) in [7, 11) is 2.18. The first-order valence-electron chi connectivity index (χ1n) is 5.00. The number of rotatable bonds is 1. The Kier molecular flexibility index (Phi) is 2.03. The fraction of sp³-hybridized carbons (Fsp3) is 0.500. The highest BCUT2D eigenvalue weighted by Gasteiger charge is 2.27. The Morgan fingerprint density at radius 2 is 2.00 bits per heavy atom. The number of para-hydroxylation sites is 1. The largest absolute Gasteiger partial charge is 0.374 e. The van der Waals surface area contributed by atoms with E-state index in [1.54, 1.807) is 0 Å². The zero-order valence-electron chi connectivity index (χ0n) is 8.62. The molecule has 1 heterocycles. The molecule has 0 unspecified atom stereocenters. The van der Waals surface area contributed by atoms with E-state index in [1.165, 1.54) is 17.8 Å². The highest BCUT2D eigenvalue weighted by atomic mass is 15.1. The Hall–Kier alpha value is -0.980. The van der Waals surface area contributed by atoms with E-state index in [9.17, 15) is 0 Å². The molecule has 0 saturated carbocycles. The molecule has 0 spiro atoms. The lowest BCUT2D eigenvalue weighted by Crippen LogP contribution is -2.17. The fourth-order valence-electron chi connectivity index (χ4n) is 2.21. The molecular weight excluding hydrogens is 158 g/mol. The van der Waals surface area contributed by atoms with Gasteiger partial charge in [-0.3, -0.25) is 0 Å². The lowest BCUT2D eigenvalue weighted by Gasteiger charge is -2.15. The summed E-state index contributed by atoms with van der Waals surface area (Å²) in [5, 5.41) is 0. The Morgan fingerprint density at radius 1 is 1.31 bits per heavy atom. The van der Waals surface area contributed by atoms with Gasteiger partial charge in [0.15, 0.2) is 0 Å². The molecule has 0 aliphatic carbocycles. The zero-order chi connectivity index (χ0) is 9.42. The van der Waals surface area contributed by atoms with Crippen LogP contribution in [-0.2, 0) is 0 Å². The van der Waals surface area contributed by atoms with Crippen LogP contribution in [0, 0.1) is 5.92 Å². The van der Waals surface area contributed by atoms with Gasteiger partial charge in [0.1, 0.15) is 0 Å². The molecule has 13 heavy (non-hydrogen) atoms. The molecule has 0 amide bonds. The third kappa shape index (κ3) is 1.32. The van der Waals surface area contributed by atoms with Crippen LogP contribution in [0.2, 0.25) is 0 Å². The predicted molar refractivity (Wildman–Crippen MR) is 57.3 cm³/mol. The molecule has 0 aromatic heterocycles. The molecule has 70 valence electrons. The van der Waals surface area contributed by atoms with Crippen LogP contribution >= 0.6 is 0 Å². The van der Waals surface area contributed by atoms with Crippen molar-refractivity contribution < 1.29 is 0 Å². The molecule has 0 saturated heterocycles. The topological polar surface area (TPSA) is 3.24 Å². The quantitative estimate of drug-likeness (QED) is 0.634. The normalized spacial score (nSPS) is 20.9. The van der Waals surface area contributed by atoms with Gasteiger partial charge in [0.05, 0.1) is 0 Å². The SMILES string of the molecule is CC(C)[C@@H]1CN(C)c2ccccc21. The Bertz CT molecular complexity index is 304. The van der Waals surface area contributed by atoms with Crippen molar-refractivity contribution in [2.45, 2.75) is 19.8 Å². The summed E-state index contributed by atoms with van der Waals surface area (Å²) < 4.78 is 0. The molecule has 1 aliphatic rings. The van der Waals surface area contributed by atoms with Gasteiger partial charge in [-0.1, -0.05) is 32.0 Å². The third-order valence-electron chi connectivity index (χ3n) is 3.02. The van der Waals surface area contributed by atoms with E-state index in [0.29, 0.717) is 0 Å². The maximum Gasteiger partial charge on any atom is 0.0399 e. The first kappa shape index (κ1) is 8.61. The maximum absolute atomic E-state index is 2.36. The maximum atomic E-state index is 2.36. The number of benzene rings is 1. The second kappa shape index (κ2) is 3.06. The van der Waals surface area contributed by atoms with Crippen LogP contribution in [0.4, 0.5) is 5.69 Å². The molecular formula is C12H17N. The van der Waals surface area contributed by atoms with E-state index < -0.39 is 0 Å². The number of hydrogen-bond acceptors (Lipinski definition) is 1. The van der Waals surface area contributed by atoms with Gasteiger partial charge in [-0.15, -0.1) is 0 Å². The number of anilines is 1. The van der Waals surface area contributed by atoms with Gasteiger partial charge < -0.3 is 4.90 Å². The summed E-state index contributed by atoms with van der Waals surface area (Å²) in [5.41, 5.74) is 2.95. The zero-order valence-corrected chi connectivity index (χ0v) is 8.62. The standard InChI is InChI=1S/C12H17N/c1-9(2)11-8-13(3)12-7-5-4-6-10(11)12/h4-7,9,11H,8H2,1-3H3/t11-/m0/s1. The molecule has 1 atom stereocenters. The number of nitrogens with zero attached hydrogens (tertiary/aromatic N) is 1. The smallest absolute Gasteiger partial charge is 0.0399 e. The van der Waals surface area contributed by atoms with Crippen molar-refractivity contribution in [3.63, 3.8) is 0 Å². The minimum absolute atomic E-state index is 0.723. The van der Waals surface area contributed by atoms with Gasteiger partial charge in [0, 0.05) is 25.2 Å². The molecule has 0 radical (unpaired) electrons. The molecule has 1 nitrogen and oxygen atoms in total. The number of likely N-dealkylation sites (N-methyl/N-ethyl adjacent to an activating group) is 1. The summed E-state index contributed by atoms with van der Waals surface area (Å²) >= 11 is 0. The molecule has 0 bridgehead atoms. The van der Waals surface area contributed by atoms with Crippen LogP contribution in [0.1, 0.15) is 25.3 Å². The van der Waals surface area contributed by atoms with Crippen molar-refractivity contribution in [3.05, 3.63) is 29.8 Å². The van der Waals surface area contributed by atoms with E-state index in [0.717, 1.165) is 11.8 Å². The van der Waals surface area contributed by atoms with Crippen LogP contribution in [0.25, 0.3) is 0 Å². The van der Waals surface area contributed by atoms with Gasteiger partial charge in [-0.25, -0.2) is 0 Å². The summed E-state index contributed by atoms with van der Waals surface area (Å²) in [6.45, 7) is 5.79. The molecule has 1 aromatic rings. The lowest BCUT2D eigenvalue weighted by molar-refractivity contribution is 0.521. The predicted octanol–water partition coefficient (Wildman–Crippen LogP) is 2.88. The van der Waals surface area contributed by atoms with Crippen LogP contribution in [0.3, 0.4) is 0 Å². The summed E-state index contributed by atoms with van der Waals surface area (Å²) in [6, 6.07) is 8.76. The third-order valence-corrected chi connectivity index (χ3v) is 3.02. The summed E-state index contributed by atoms with van der Waals surface area (Å²) in [6.07, 6.45) is 0. The minimum atomic E-state index is 0.723. The average Bonchev–Trinajstić information content (AvgIpc) is 2.45. The van der Waals surface area contributed by atoms with Gasteiger partial charge in [0.25, 0.3) is 0 Å². The molecule has 1 aliphatic heterocycles. The molecule has 1 aromatic carbocycles. The average molecular weight is 175 g/mol. The highest BCUT2D eigenvalue weighted by molar-refractivity contribution is 5.59. The molecule has 1 heteroatoms. The van der Waals surface area contributed by atoms with Crippen molar-refractivity contribution in [2.24, 2.45) is 5.92 Å². The monoisotopic (exact) mass is 175 g/mol. The van der Waals surface area contributed by atoms with Crippen molar-refractivity contribution in [1.82, 2.24) is 0 Å². The van der Waals surface area contributed by atoms with E-state index in [2.05, 4.69) is 50.1 Å². The van der Waals surface area contributed by atoms with Crippen molar-refractivity contribution >= 4 is 5.69 Å². The van der Waals surface area contributed by atoms with Crippen LogP contribution in [-0.4, -0.2) is 13.6 Å². The number of hydrogen-bond donors (Lipinski definition) is 0. The highest BCUT2D eigenvalue weighted by Crippen LogP contribution is 2.38. The van der Waals surface area contributed by atoms with Gasteiger partial charge in [-0.05, 0) is 17.5 Å². The van der Waals surface area contributed by atoms with E-state index in [4.69, 9.17) is 0 Å². The van der Waals surface area contributed by atoms with Gasteiger partial charge >= 0.3 is 0 Å².